The van der Waals surface area contributed by atoms with Crippen LogP contribution < -0.4 is 5.32 Å². The van der Waals surface area contributed by atoms with E-state index in [1.807, 2.05) is 20.8 Å². The summed E-state index contributed by atoms with van der Waals surface area (Å²) in [6.07, 6.45) is 0. The summed E-state index contributed by atoms with van der Waals surface area (Å²) >= 11 is 1.62. The molecule has 0 fully saturated rings. The Kier molecular flexibility index (Phi) is 5.10. The number of carbonyl (C=O) groups is 1. The van der Waals surface area contributed by atoms with E-state index in [4.69, 9.17) is 4.74 Å². The molecule has 1 N–H and O–H groups in total. The lowest BCUT2D eigenvalue weighted by Crippen LogP contribution is -2.31. The van der Waals surface area contributed by atoms with Crippen molar-refractivity contribution < 1.29 is 9.53 Å². The van der Waals surface area contributed by atoms with Crippen LogP contribution >= 0.6 is 11.3 Å². The van der Waals surface area contributed by atoms with Crippen molar-refractivity contribution in [3.63, 3.8) is 0 Å². The molecule has 0 aliphatic rings. The highest BCUT2D eigenvalue weighted by atomic mass is 32.1. The van der Waals surface area contributed by atoms with Gasteiger partial charge in [0.15, 0.2) is 0 Å². The van der Waals surface area contributed by atoms with Crippen LogP contribution in [0.1, 0.15) is 52.2 Å². The van der Waals surface area contributed by atoms with Crippen LogP contribution in [0.15, 0.2) is 5.38 Å². The summed E-state index contributed by atoms with van der Waals surface area (Å²) in [7, 11) is 0. The molecule has 0 aromatic carbocycles. The van der Waals surface area contributed by atoms with Gasteiger partial charge in [0.05, 0.1) is 12.2 Å². The molecule has 0 spiro atoms. The van der Waals surface area contributed by atoms with Gasteiger partial charge in [0.25, 0.3) is 0 Å². The lowest BCUT2D eigenvalue weighted by atomic mass is 9.93. The Balaban J connectivity index is 2.38. The second-order valence-electron chi connectivity index (χ2n) is 6.57. The molecule has 0 saturated heterocycles. The van der Waals surface area contributed by atoms with Gasteiger partial charge in [-0.2, -0.15) is 0 Å². The monoisotopic (exact) mass is 284 g/mol. The fraction of sp³-hybridized carbons (Fsp3) is 0.714. The maximum atomic E-state index is 11.5. The average Bonchev–Trinajstić information content (AvgIpc) is 2.62. The van der Waals surface area contributed by atoms with Crippen molar-refractivity contribution in [1.82, 2.24) is 10.3 Å². The van der Waals surface area contributed by atoms with Gasteiger partial charge < -0.3 is 10.1 Å². The maximum absolute atomic E-state index is 11.5. The van der Waals surface area contributed by atoms with Crippen LogP contribution in [0.5, 0.6) is 0 Å². The van der Waals surface area contributed by atoms with E-state index in [2.05, 4.69) is 36.5 Å². The number of hydrogen-bond acceptors (Lipinski definition) is 5. The normalized spacial score (nSPS) is 12.5. The second-order valence-corrected chi connectivity index (χ2v) is 7.51. The van der Waals surface area contributed by atoms with Gasteiger partial charge in [-0.3, -0.25) is 4.79 Å². The third kappa shape index (κ3) is 6.16. The molecule has 1 rings (SSSR count). The van der Waals surface area contributed by atoms with E-state index in [9.17, 15) is 4.79 Å². The molecule has 19 heavy (non-hydrogen) atoms. The molecule has 4 nitrogen and oxygen atoms in total. The van der Waals surface area contributed by atoms with E-state index in [1.54, 1.807) is 11.3 Å². The molecule has 108 valence electrons. The summed E-state index contributed by atoms with van der Waals surface area (Å²) in [5.41, 5.74) is 0.728. The highest BCUT2D eigenvalue weighted by Crippen LogP contribution is 2.23. The Morgan fingerprint density at radius 3 is 2.42 bits per heavy atom. The fourth-order valence-electron chi connectivity index (χ4n) is 1.39. The zero-order chi connectivity index (χ0) is 14.7. The van der Waals surface area contributed by atoms with Crippen LogP contribution in [0.25, 0.3) is 0 Å². The number of esters is 1. The Morgan fingerprint density at radius 1 is 1.32 bits per heavy atom. The first-order chi connectivity index (χ1) is 8.58. The van der Waals surface area contributed by atoms with Crippen molar-refractivity contribution in [2.45, 2.75) is 59.1 Å². The molecule has 0 radical (unpaired) electrons. The van der Waals surface area contributed by atoms with Gasteiger partial charge in [0.1, 0.15) is 10.6 Å². The van der Waals surface area contributed by atoms with Crippen molar-refractivity contribution in [2.24, 2.45) is 0 Å². The van der Waals surface area contributed by atoms with E-state index in [0.717, 1.165) is 10.7 Å². The average molecular weight is 284 g/mol. The molecule has 0 atom stereocenters. The smallest absolute Gasteiger partial charge is 0.320 e. The van der Waals surface area contributed by atoms with Gasteiger partial charge >= 0.3 is 5.97 Å². The number of rotatable bonds is 4. The van der Waals surface area contributed by atoms with Crippen molar-refractivity contribution in [3.8, 4) is 0 Å². The standard InChI is InChI=1S/C14H24N2O2S/c1-13(2,3)10-9-19-11(16-10)7-15-8-12(17)18-14(4,5)6/h9,15H,7-8H2,1-6H3. The zero-order valence-corrected chi connectivity index (χ0v) is 13.5. The molecule has 0 bridgehead atoms. The molecule has 0 aliphatic carbocycles. The van der Waals surface area contributed by atoms with Crippen molar-refractivity contribution >= 4 is 17.3 Å². The third-order valence-corrected chi connectivity index (χ3v) is 3.13. The highest BCUT2D eigenvalue weighted by molar-refractivity contribution is 7.09. The first-order valence-corrected chi connectivity index (χ1v) is 7.33. The summed E-state index contributed by atoms with van der Waals surface area (Å²) in [6, 6.07) is 0. The number of carbonyl (C=O) groups excluding carboxylic acids is 1. The number of nitrogens with zero attached hydrogens (tertiary/aromatic N) is 1. The molecule has 1 aromatic rings. The number of hydrogen-bond donors (Lipinski definition) is 1. The first kappa shape index (κ1) is 16.1. The SMILES string of the molecule is CC(C)(C)OC(=O)CNCc1nc(C(C)(C)C)cs1. The van der Waals surface area contributed by atoms with Crippen LogP contribution in [0.2, 0.25) is 0 Å². The summed E-state index contributed by atoms with van der Waals surface area (Å²) in [4.78, 5) is 16.1. The molecule has 0 unspecified atom stereocenters. The van der Waals surface area contributed by atoms with E-state index >= 15 is 0 Å². The largest absolute Gasteiger partial charge is 0.459 e. The molecule has 0 aliphatic heterocycles. The van der Waals surface area contributed by atoms with E-state index in [0.29, 0.717) is 6.54 Å². The van der Waals surface area contributed by atoms with Crippen molar-refractivity contribution in [1.29, 1.82) is 0 Å². The van der Waals surface area contributed by atoms with Gasteiger partial charge in [-0.05, 0) is 20.8 Å². The second kappa shape index (κ2) is 6.01. The summed E-state index contributed by atoms with van der Waals surface area (Å²) in [6.45, 7) is 12.8. The molecular weight excluding hydrogens is 260 g/mol. The van der Waals surface area contributed by atoms with Gasteiger partial charge in [-0.15, -0.1) is 11.3 Å². The first-order valence-electron chi connectivity index (χ1n) is 6.45. The van der Waals surface area contributed by atoms with Crippen LogP contribution in [0.3, 0.4) is 0 Å². The summed E-state index contributed by atoms with van der Waals surface area (Å²) in [5.74, 6) is -0.236. The number of nitrogens with one attached hydrogen (secondary N) is 1. The molecule has 5 heteroatoms. The molecule has 0 saturated carbocycles. The van der Waals surface area contributed by atoms with E-state index < -0.39 is 5.60 Å². The minimum Gasteiger partial charge on any atom is -0.459 e. The maximum Gasteiger partial charge on any atom is 0.320 e. The highest BCUT2D eigenvalue weighted by Gasteiger charge is 2.18. The van der Waals surface area contributed by atoms with E-state index in [1.165, 1.54) is 0 Å². The van der Waals surface area contributed by atoms with Crippen LogP contribution in [-0.4, -0.2) is 23.1 Å². The molecule has 1 heterocycles. The Labute approximate surface area is 119 Å². The van der Waals surface area contributed by atoms with Crippen LogP contribution in [0, 0.1) is 0 Å². The van der Waals surface area contributed by atoms with Gasteiger partial charge in [0.2, 0.25) is 0 Å². The summed E-state index contributed by atoms with van der Waals surface area (Å²) in [5, 5.41) is 6.13. The van der Waals surface area contributed by atoms with Crippen molar-refractivity contribution in [2.75, 3.05) is 6.54 Å². The molecule has 0 amide bonds. The van der Waals surface area contributed by atoms with Gasteiger partial charge in [-0.25, -0.2) is 4.98 Å². The number of thiazole rings is 1. The Bertz CT molecular complexity index is 427. The molecular formula is C14H24N2O2S. The van der Waals surface area contributed by atoms with Crippen molar-refractivity contribution in [3.05, 3.63) is 16.1 Å². The molecule has 1 aromatic heterocycles. The lowest BCUT2D eigenvalue weighted by molar-refractivity contribution is -0.153. The number of ether oxygens (including phenoxy) is 1. The predicted octanol–water partition coefficient (Wildman–Crippen LogP) is 2.87. The zero-order valence-electron chi connectivity index (χ0n) is 12.7. The number of aromatic nitrogens is 1. The minimum absolute atomic E-state index is 0.0694. The van der Waals surface area contributed by atoms with E-state index in [-0.39, 0.29) is 17.9 Å². The van der Waals surface area contributed by atoms with Crippen LogP contribution in [-0.2, 0) is 21.5 Å². The predicted molar refractivity (Wildman–Crippen MR) is 78.4 cm³/mol. The lowest BCUT2D eigenvalue weighted by Gasteiger charge is -2.19. The van der Waals surface area contributed by atoms with Gasteiger partial charge in [0, 0.05) is 17.3 Å². The fourth-order valence-corrected chi connectivity index (χ4v) is 2.38. The third-order valence-electron chi connectivity index (χ3n) is 2.29. The summed E-state index contributed by atoms with van der Waals surface area (Å²) < 4.78 is 5.22. The Hall–Kier alpha value is -0.940. The topological polar surface area (TPSA) is 51.2 Å². The van der Waals surface area contributed by atoms with Crippen LogP contribution in [0.4, 0.5) is 0 Å². The quantitative estimate of drug-likeness (QED) is 0.864. The minimum atomic E-state index is -0.431. The Morgan fingerprint density at radius 2 is 1.95 bits per heavy atom. The van der Waals surface area contributed by atoms with Gasteiger partial charge in [-0.1, -0.05) is 20.8 Å².